The van der Waals surface area contributed by atoms with Gasteiger partial charge in [-0.1, -0.05) is 25.7 Å². The van der Waals surface area contributed by atoms with Gasteiger partial charge < -0.3 is 57.2 Å². The third-order valence-electron chi connectivity index (χ3n) is 18.1. The minimum absolute atomic E-state index is 0.0655. The zero-order valence-corrected chi connectivity index (χ0v) is 39.6. The monoisotopic (exact) mass is 908 g/mol. The molecule has 1 N–H and O–H groups in total. The van der Waals surface area contributed by atoms with E-state index in [1.807, 2.05) is 13.8 Å². The van der Waals surface area contributed by atoms with Gasteiger partial charge in [-0.2, -0.15) is 0 Å². The molecule has 0 spiro atoms. The van der Waals surface area contributed by atoms with Gasteiger partial charge in [0, 0.05) is 57.4 Å². The van der Waals surface area contributed by atoms with Gasteiger partial charge >= 0.3 is 5.97 Å². The lowest BCUT2D eigenvalue weighted by molar-refractivity contribution is -0.356. The van der Waals surface area contributed by atoms with Crippen molar-refractivity contribution in [1.82, 2.24) is 0 Å². The molecule has 9 fully saturated rings. The summed E-state index contributed by atoms with van der Waals surface area (Å²) in [5, 5.41) is 11.5. The van der Waals surface area contributed by atoms with Gasteiger partial charge in [0.15, 0.2) is 5.78 Å². The quantitative estimate of drug-likeness (QED) is 0.204. The fourth-order valence-electron chi connectivity index (χ4n) is 14.1. The van der Waals surface area contributed by atoms with E-state index in [4.69, 9.17) is 52.1 Å². The molecule has 0 amide bonds. The van der Waals surface area contributed by atoms with Crippen molar-refractivity contribution in [2.24, 2.45) is 5.92 Å². The highest BCUT2D eigenvalue weighted by atomic mass is 16.7. The van der Waals surface area contributed by atoms with Crippen LogP contribution in [0.25, 0.3) is 0 Å². The van der Waals surface area contributed by atoms with Crippen molar-refractivity contribution in [2.45, 2.75) is 264 Å². The summed E-state index contributed by atoms with van der Waals surface area (Å²) >= 11 is 0. The summed E-state index contributed by atoms with van der Waals surface area (Å²) in [6, 6.07) is 0. The van der Waals surface area contributed by atoms with Crippen LogP contribution in [0.3, 0.4) is 0 Å². The summed E-state index contributed by atoms with van der Waals surface area (Å²) in [5.74, 6) is -0.212. The Morgan fingerprint density at radius 2 is 1.48 bits per heavy atom. The van der Waals surface area contributed by atoms with Gasteiger partial charge in [0.1, 0.15) is 23.9 Å². The molecule has 14 heteroatoms. The highest BCUT2D eigenvalue weighted by molar-refractivity contribution is 5.92. The molecule has 11 aliphatic heterocycles. The first-order valence-corrected chi connectivity index (χ1v) is 24.8. The summed E-state index contributed by atoms with van der Waals surface area (Å²) in [7, 11) is 0. The Morgan fingerprint density at radius 3 is 2.28 bits per heavy atom. The molecule has 0 saturated carbocycles. The maximum Gasteiger partial charge on any atom is 0.331 e. The predicted octanol–water partition coefficient (Wildman–Crippen LogP) is 5.86. The Hall–Kier alpha value is -2.08. The normalized spacial score (nSPS) is 56.3. The number of esters is 1. The average molecular weight is 909 g/mol. The fourth-order valence-corrected chi connectivity index (χ4v) is 14.1. The van der Waals surface area contributed by atoms with Crippen LogP contribution in [0.1, 0.15) is 132 Å². The number of ketones is 1. The fraction of sp³-hybridized carbons (Fsp3) is 0.843. The third kappa shape index (κ3) is 7.70. The second kappa shape index (κ2) is 16.0. The van der Waals surface area contributed by atoms with E-state index in [0.717, 1.165) is 24.8 Å². The molecule has 0 aliphatic carbocycles. The lowest BCUT2D eigenvalue weighted by atomic mass is 9.72. The highest BCUT2D eigenvalue weighted by Gasteiger charge is 2.64. The summed E-state index contributed by atoms with van der Waals surface area (Å²) in [6.45, 7) is 20.3. The Labute approximate surface area is 383 Å². The van der Waals surface area contributed by atoms with Crippen molar-refractivity contribution in [3.05, 3.63) is 36.0 Å². The predicted molar refractivity (Wildman–Crippen MR) is 233 cm³/mol. The number of hydrogen-bond acceptors (Lipinski definition) is 14. The number of Topliss-reactive ketones (excluding diaryl/α,β-unsaturated/α-hetero) is 1. The van der Waals surface area contributed by atoms with Crippen molar-refractivity contribution in [2.75, 3.05) is 0 Å². The van der Waals surface area contributed by atoms with E-state index < -0.39 is 34.1 Å². The second-order valence-corrected chi connectivity index (χ2v) is 23.1. The van der Waals surface area contributed by atoms with Crippen molar-refractivity contribution in [1.29, 1.82) is 0 Å². The van der Waals surface area contributed by atoms with Gasteiger partial charge in [0.25, 0.3) is 0 Å². The number of aliphatic hydroxyl groups excluding tert-OH is 1. The van der Waals surface area contributed by atoms with E-state index in [2.05, 4.69) is 53.3 Å². The minimum Gasteiger partial charge on any atom is -0.456 e. The molecule has 360 valence electrons. The molecule has 0 aromatic carbocycles. The maximum absolute atomic E-state index is 12.3. The van der Waals surface area contributed by atoms with Crippen molar-refractivity contribution in [3.8, 4) is 0 Å². The van der Waals surface area contributed by atoms with Crippen molar-refractivity contribution >= 4 is 11.8 Å². The van der Waals surface area contributed by atoms with E-state index in [0.29, 0.717) is 63.4 Å². The molecule has 0 aromatic rings. The summed E-state index contributed by atoms with van der Waals surface area (Å²) in [4.78, 5) is 24.2. The molecule has 11 aliphatic rings. The van der Waals surface area contributed by atoms with Crippen molar-refractivity contribution in [3.63, 3.8) is 0 Å². The van der Waals surface area contributed by atoms with E-state index in [1.165, 1.54) is 6.92 Å². The van der Waals surface area contributed by atoms with Gasteiger partial charge in [-0.05, 0) is 91.2 Å². The van der Waals surface area contributed by atoms with Gasteiger partial charge in [0.2, 0.25) is 0 Å². The summed E-state index contributed by atoms with van der Waals surface area (Å²) < 4.78 is 75.7. The van der Waals surface area contributed by atoms with Gasteiger partial charge in [-0.15, -0.1) is 0 Å². The molecule has 9 unspecified atom stereocenters. The number of carbonyl (C=O) groups is 2. The summed E-state index contributed by atoms with van der Waals surface area (Å²) in [6.07, 6.45) is 8.79. The minimum atomic E-state index is -0.916. The smallest absolute Gasteiger partial charge is 0.331 e. The van der Waals surface area contributed by atoms with Crippen LogP contribution in [-0.4, -0.2) is 149 Å². The molecular formula is C51H72O14. The number of carbonyl (C=O) groups excluding carboxylic acids is 2. The molecule has 11 rings (SSSR count). The molecule has 0 bridgehead atoms. The molecular weight excluding hydrogens is 837 g/mol. The SMILES string of the molecule is C=C(C[C@@H]1C[C@H](O)[C@]2(C)O[C@@H]3C[C@@H]4O[C@@H]5C[C@]6(C)O[C@]7(C)CC[C@@H]8O[C@@H]9C[C@]%10(C)O[C@@H]%11C(C)=CC(=O)OC%11CC%10OC9C[C@@H](C)C8OC7CC6O[C@@]5(C)C/C=C\C4OC3CC2O1)C(C)=O. The molecule has 65 heavy (non-hydrogen) atoms. The lowest BCUT2D eigenvalue weighted by Crippen LogP contribution is -2.70. The van der Waals surface area contributed by atoms with Crippen LogP contribution in [0.4, 0.5) is 0 Å². The van der Waals surface area contributed by atoms with Crippen LogP contribution in [-0.2, 0) is 61.7 Å². The van der Waals surface area contributed by atoms with E-state index in [9.17, 15) is 14.7 Å². The van der Waals surface area contributed by atoms with Crippen LogP contribution in [0.15, 0.2) is 36.0 Å². The second-order valence-electron chi connectivity index (χ2n) is 23.1. The highest BCUT2D eigenvalue weighted by Crippen LogP contribution is 2.55. The number of ether oxygens (including phenoxy) is 11. The number of aliphatic hydroxyl groups is 1. The van der Waals surface area contributed by atoms with Crippen LogP contribution in [0.5, 0.6) is 0 Å². The van der Waals surface area contributed by atoms with Crippen LogP contribution >= 0.6 is 0 Å². The van der Waals surface area contributed by atoms with Crippen LogP contribution in [0.2, 0.25) is 0 Å². The summed E-state index contributed by atoms with van der Waals surface area (Å²) in [5.41, 5.74) is -1.92. The standard InChI is InChI=1S/C51H72O14/c1-25(28(4)52)15-29-18-38(53)51(9)42(55-29)20-34-35(62-51)19-33-30(56-34)11-10-13-47(5)43(59-33)24-50(8)41(63-47)22-40-48(6,65-50)14-12-31-45(61-40)26(2)16-32-37(57-31)23-49(7)39(58-32)21-36-46(64-49)27(3)17-44(54)60-36/h10-11,17,26,29-43,45-46,53H,1,12-16,18-24H2,2-9H3/b11-10-/t26-,29-,30?,31+,32?,33+,34?,35-,36?,37-,38+,39?,40?,41?,42?,43-,45?,46-,47+,48-,49+,50+,51+/m1/s1. The van der Waals surface area contributed by atoms with E-state index in [-0.39, 0.29) is 115 Å². The molecule has 0 aromatic heterocycles. The maximum atomic E-state index is 12.3. The number of rotatable bonds is 3. The van der Waals surface area contributed by atoms with Gasteiger partial charge in [0.05, 0.1) is 108 Å². The Balaban J connectivity index is 0.772. The zero-order valence-electron chi connectivity index (χ0n) is 39.6. The first kappa shape index (κ1) is 45.4. The lowest BCUT2D eigenvalue weighted by Gasteiger charge is -2.60. The topological polar surface area (TPSA) is 156 Å². The number of fused-ring (bicyclic) bond motifs is 10. The van der Waals surface area contributed by atoms with Gasteiger partial charge in [-0.3, -0.25) is 4.79 Å². The van der Waals surface area contributed by atoms with Crippen LogP contribution in [0, 0.1) is 5.92 Å². The Kier molecular flexibility index (Phi) is 11.2. The first-order chi connectivity index (χ1) is 30.7. The molecule has 14 nitrogen and oxygen atoms in total. The van der Waals surface area contributed by atoms with Gasteiger partial charge in [-0.25, -0.2) is 4.79 Å². The Bertz CT molecular complexity index is 1990. The number of hydrogen-bond donors (Lipinski definition) is 1. The van der Waals surface area contributed by atoms with E-state index >= 15 is 0 Å². The van der Waals surface area contributed by atoms with Crippen LogP contribution < -0.4 is 0 Å². The zero-order chi connectivity index (χ0) is 45.6. The molecule has 0 radical (unpaired) electrons. The van der Waals surface area contributed by atoms with Crippen molar-refractivity contribution < 1.29 is 66.8 Å². The average Bonchev–Trinajstić information content (AvgIpc) is 3.43. The van der Waals surface area contributed by atoms with E-state index in [1.54, 1.807) is 6.08 Å². The molecule has 23 atom stereocenters. The third-order valence-corrected chi connectivity index (χ3v) is 18.1. The molecule has 11 heterocycles. The molecule has 9 saturated heterocycles. The largest absolute Gasteiger partial charge is 0.456 e. The first-order valence-electron chi connectivity index (χ1n) is 24.8. The Morgan fingerprint density at radius 1 is 0.723 bits per heavy atom.